The molecular weight excluding hydrogens is 698 g/mol. The van der Waals surface area contributed by atoms with Crippen LogP contribution in [0.2, 0.25) is 5.02 Å². The fourth-order valence-electron chi connectivity index (χ4n) is 8.88. The Morgan fingerprint density at radius 2 is 2.00 bits per heavy atom. The Kier molecular flexibility index (Phi) is 9.72. The zero-order valence-corrected chi connectivity index (χ0v) is 31.5. The number of aryl methyl sites for hydroxylation is 1. The van der Waals surface area contributed by atoms with E-state index in [1.165, 1.54) is 17.3 Å². The molecule has 52 heavy (non-hydrogen) atoms. The van der Waals surface area contributed by atoms with Gasteiger partial charge in [-0.2, -0.15) is 5.10 Å². The molecular formula is C40H48ClN5O5S. The number of methoxy groups -OCH3 is 1. The lowest BCUT2D eigenvalue weighted by atomic mass is 9.68. The predicted octanol–water partition coefficient (Wildman–Crippen LogP) is 7.33. The minimum Gasteiger partial charge on any atom is -0.490 e. The van der Waals surface area contributed by atoms with Crippen LogP contribution in [0, 0.1) is 17.8 Å². The van der Waals surface area contributed by atoms with Crippen molar-refractivity contribution in [3.05, 3.63) is 88.2 Å². The van der Waals surface area contributed by atoms with Crippen LogP contribution in [0.25, 0.3) is 0 Å². The van der Waals surface area contributed by atoms with Crippen molar-refractivity contribution in [1.82, 2.24) is 14.5 Å². The Morgan fingerprint density at radius 1 is 1.13 bits per heavy atom. The minimum atomic E-state index is -3.52. The molecule has 1 unspecified atom stereocenters. The SMILES string of the molecule is CO[C@H]1/C=C\C[C@H](C)CS(=O)(NC(=O)c2cnn(C3CCC3)c2)=NC(=O)c2ccc3c(c2)N(C[C@@H]2CC[C@H]21)C[C@@]1(CCCc2cc(Cl)ccc21)CO3. The molecule has 2 aromatic carbocycles. The molecule has 0 radical (unpaired) electrons. The van der Waals surface area contributed by atoms with Gasteiger partial charge in [0.1, 0.15) is 15.7 Å². The third-order valence-electron chi connectivity index (χ3n) is 12.1. The number of hydrogen-bond acceptors (Lipinski definition) is 7. The van der Waals surface area contributed by atoms with E-state index in [0.29, 0.717) is 41.7 Å². The second-order valence-corrected chi connectivity index (χ2v) is 18.1. The van der Waals surface area contributed by atoms with Crippen molar-refractivity contribution < 1.29 is 23.3 Å². The van der Waals surface area contributed by atoms with Gasteiger partial charge < -0.3 is 14.4 Å². The fraction of sp³-hybridized carbons (Fsp3) is 0.525. The van der Waals surface area contributed by atoms with Crippen molar-refractivity contribution >= 4 is 39.0 Å². The van der Waals surface area contributed by atoms with E-state index in [-0.39, 0.29) is 29.2 Å². The number of allylic oxidation sites excluding steroid dienone is 1. The quantitative estimate of drug-likeness (QED) is 0.278. The smallest absolute Gasteiger partial charge is 0.286 e. The number of carbonyl (C=O) groups excluding carboxylic acids is 2. The van der Waals surface area contributed by atoms with Gasteiger partial charge in [0.25, 0.3) is 11.8 Å². The van der Waals surface area contributed by atoms with Gasteiger partial charge in [0.05, 0.1) is 42.0 Å². The third kappa shape index (κ3) is 6.92. The molecule has 2 fully saturated rings. The Balaban J connectivity index is 1.17. The summed E-state index contributed by atoms with van der Waals surface area (Å²) in [5, 5.41) is 5.12. The number of anilines is 1. The van der Waals surface area contributed by atoms with E-state index in [9.17, 15) is 13.8 Å². The number of amides is 2. The van der Waals surface area contributed by atoms with Crippen LogP contribution in [-0.4, -0.2) is 64.5 Å². The fourth-order valence-corrected chi connectivity index (χ4v) is 11.0. The van der Waals surface area contributed by atoms with Crippen LogP contribution in [-0.2, 0) is 26.5 Å². The van der Waals surface area contributed by atoms with Gasteiger partial charge in [0, 0.05) is 42.4 Å². The molecule has 3 heterocycles. The third-order valence-corrected chi connectivity index (χ3v) is 14.3. The van der Waals surface area contributed by atoms with Crippen LogP contribution >= 0.6 is 11.6 Å². The largest absolute Gasteiger partial charge is 0.490 e. The number of carbonyl (C=O) groups is 2. The van der Waals surface area contributed by atoms with Gasteiger partial charge in [0.2, 0.25) is 0 Å². The number of fused-ring (bicyclic) bond motifs is 4. The molecule has 12 heteroatoms. The highest BCUT2D eigenvalue weighted by atomic mass is 35.5. The Hall–Kier alpha value is -3.67. The van der Waals surface area contributed by atoms with Gasteiger partial charge >= 0.3 is 0 Å². The van der Waals surface area contributed by atoms with E-state index in [1.807, 2.05) is 25.1 Å². The molecule has 1 N–H and O–H groups in total. The number of rotatable bonds is 4. The summed E-state index contributed by atoms with van der Waals surface area (Å²) in [7, 11) is -1.75. The van der Waals surface area contributed by atoms with E-state index in [4.69, 9.17) is 21.1 Å². The van der Waals surface area contributed by atoms with Crippen molar-refractivity contribution in [3.8, 4) is 5.75 Å². The highest BCUT2D eigenvalue weighted by molar-refractivity contribution is 7.92. The molecule has 6 atom stereocenters. The van der Waals surface area contributed by atoms with E-state index in [0.717, 1.165) is 75.2 Å². The van der Waals surface area contributed by atoms with E-state index in [1.54, 1.807) is 24.1 Å². The van der Waals surface area contributed by atoms with Crippen LogP contribution in [0.5, 0.6) is 5.75 Å². The van der Waals surface area contributed by atoms with Crippen molar-refractivity contribution in [2.45, 2.75) is 82.3 Å². The van der Waals surface area contributed by atoms with Gasteiger partial charge in [-0.1, -0.05) is 36.7 Å². The predicted molar refractivity (Wildman–Crippen MR) is 202 cm³/mol. The average molecular weight is 746 g/mol. The van der Waals surface area contributed by atoms with Crippen molar-refractivity contribution in [1.29, 1.82) is 0 Å². The van der Waals surface area contributed by atoms with Crippen LogP contribution in [0.1, 0.15) is 96.2 Å². The van der Waals surface area contributed by atoms with Gasteiger partial charge in [-0.25, -0.2) is 4.21 Å². The summed E-state index contributed by atoms with van der Waals surface area (Å²) in [6.45, 7) is 3.98. The number of halogens is 1. The first-order chi connectivity index (χ1) is 25.1. The molecule has 276 valence electrons. The Bertz CT molecular complexity index is 2020. The molecule has 2 bridgehead atoms. The molecule has 10 nitrogen and oxygen atoms in total. The zero-order chi connectivity index (χ0) is 36.0. The highest BCUT2D eigenvalue weighted by Crippen LogP contribution is 2.47. The number of nitrogens with one attached hydrogen (secondary N) is 1. The van der Waals surface area contributed by atoms with E-state index >= 15 is 0 Å². The molecule has 2 amide bonds. The molecule has 1 spiro atoms. The van der Waals surface area contributed by atoms with Gasteiger partial charge in [0.15, 0.2) is 0 Å². The highest BCUT2D eigenvalue weighted by Gasteiger charge is 2.44. The molecule has 1 aromatic heterocycles. The summed E-state index contributed by atoms with van der Waals surface area (Å²) in [5.74, 6) is 0.132. The summed E-state index contributed by atoms with van der Waals surface area (Å²) < 4.78 is 36.1. The minimum absolute atomic E-state index is 0.0153. The molecule has 0 saturated heterocycles. The van der Waals surface area contributed by atoms with E-state index in [2.05, 4.69) is 43.4 Å². The standard InChI is InChI=1S/C40H48ClN5O5S/c1-26-6-3-10-36(50-2)33-14-11-29(33)21-45-24-40(17-5-7-27-18-31(41)13-15-34(27)40)25-51-37-16-12-28(19-35(37)45)38(47)43-52(49,23-26)44-39(48)30-20-42-46(22-30)32-8-4-9-32/h3,10,12-13,15-16,18-20,22,26,29,32-33,36H,4-9,11,14,17,21,23-25H2,1-2H3,(H,43,44,47,48,49)/b10-3-/t26-,29-,33+,36-,40-,52?/m0/s1. The summed E-state index contributed by atoms with van der Waals surface area (Å²) >= 11 is 6.47. The lowest BCUT2D eigenvalue weighted by Crippen LogP contribution is -2.49. The number of hydrogen-bond donors (Lipinski definition) is 1. The second-order valence-electron chi connectivity index (χ2n) is 15.7. The number of nitrogens with zero attached hydrogens (tertiary/aromatic N) is 4. The summed E-state index contributed by atoms with van der Waals surface area (Å²) in [6, 6.07) is 11.9. The second kappa shape index (κ2) is 14.3. The molecule has 2 saturated carbocycles. The van der Waals surface area contributed by atoms with Crippen LogP contribution < -0.4 is 14.4 Å². The van der Waals surface area contributed by atoms with Crippen molar-refractivity contribution in [2.75, 3.05) is 37.5 Å². The summed E-state index contributed by atoms with van der Waals surface area (Å²) in [6.07, 6.45) is 16.3. The van der Waals surface area contributed by atoms with Gasteiger partial charge in [-0.15, -0.1) is 4.36 Å². The normalized spacial score (nSPS) is 31.1. The van der Waals surface area contributed by atoms with Gasteiger partial charge in [-0.05, 0) is 117 Å². The first-order valence-electron chi connectivity index (χ1n) is 18.8. The number of benzene rings is 2. The summed E-state index contributed by atoms with van der Waals surface area (Å²) in [4.78, 5) is 30.0. The maximum Gasteiger partial charge on any atom is 0.286 e. The summed E-state index contributed by atoms with van der Waals surface area (Å²) in [5.41, 5.74) is 3.72. The number of aromatic nitrogens is 2. The number of ether oxygens (including phenoxy) is 2. The molecule has 5 aliphatic rings. The zero-order valence-electron chi connectivity index (χ0n) is 30.0. The van der Waals surface area contributed by atoms with Crippen LogP contribution in [0.4, 0.5) is 5.69 Å². The monoisotopic (exact) mass is 745 g/mol. The molecule has 3 aromatic rings. The maximum atomic E-state index is 14.6. The Morgan fingerprint density at radius 3 is 2.77 bits per heavy atom. The van der Waals surface area contributed by atoms with E-state index < -0.39 is 21.7 Å². The van der Waals surface area contributed by atoms with Crippen molar-refractivity contribution in [2.24, 2.45) is 22.1 Å². The van der Waals surface area contributed by atoms with Crippen LogP contribution in [0.3, 0.4) is 0 Å². The van der Waals surface area contributed by atoms with Gasteiger partial charge in [-0.3, -0.25) is 19.0 Å². The lowest BCUT2D eigenvalue weighted by Gasteiger charge is -2.46. The van der Waals surface area contributed by atoms with Crippen molar-refractivity contribution in [3.63, 3.8) is 0 Å². The first-order valence-corrected chi connectivity index (χ1v) is 20.8. The molecule has 8 rings (SSSR count). The topological polar surface area (TPSA) is 115 Å². The first kappa shape index (κ1) is 35.4. The van der Waals surface area contributed by atoms with Crippen LogP contribution in [0.15, 0.2) is 65.3 Å². The lowest BCUT2D eigenvalue weighted by molar-refractivity contribution is 0.0131. The average Bonchev–Trinajstić information content (AvgIpc) is 3.50. The molecule has 3 aliphatic carbocycles. The molecule has 2 aliphatic heterocycles. The Labute approximate surface area is 311 Å². The maximum absolute atomic E-state index is 14.6.